The van der Waals surface area contributed by atoms with Crippen molar-refractivity contribution in [1.82, 2.24) is 19.7 Å². The summed E-state index contributed by atoms with van der Waals surface area (Å²) in [5.41, 5.74) is -0.0941. The topological polar surface area (TPSA) is 77.7 Å². The molecule has 0 spiro atoms. The van der Waals surface area contributed by atoms with Crippen LogP contribution in [0.15, 0.2) is 35.5 Å². The van der Waals surface area contributed by atoms with Crippen LogP contribution in [0, 0.1) is 0 Å². The van der Waals surface area contributed by atoms with Gasteiger partial charge in [-0.25, -0.2) is 13.4 Å². The van der Waals surface area contributed by atoms with E-state index in [1.54, 1.807) is 0 Å². The number of pyridine rings is 2. The van der Waals surface area contributed by atoms with Crippen LogP contribution in [0.1, 0.15) is 6.92 Å². The zero-order valence-corrected chi connectivity index (χ0v) is 16.2. The van der Waals surface area contributed by atoms with Crippen molar-refractivity contribution in [3.63, 3.8) is 0 Å². The summed E-state index contributed by atoms with van der Waals surface area (Å²) in [5, 5.41) is 3.74. The Hall–Kier alpha value is -2.34. The molecule has 29 heavy (non-hydrogen) atoms. The minimum Gasteiger partial charge on any atom is -0.257 e. The van der Waals surface area contributed by atoms with Gasteiger partial charge in [0.05, 0.1) is 34.3 Å². The molecule has 6 nitrogen and oxygen atoms in total. The minimum absolute atomic E-state index is 0.00235. The van der Waals surface area contributed by atoms with Crippen LogP contribution in [0.4, 0.5) is 22.0 Å². The first-order valence-electron chi connectivity index (χ1n) is 8.01. The molecule has 0 radical (unpaired) electrons. The molecule has 0 fully saturated rings. The average molecular weight is 455 g/mol. The lowest BCUT2D eigenvalue weighted by Crippen LogP contribution is -2.40. The van der Waals surface area contributed by atoms with Gasteiger partial charge in [-0.05, 0) is 18.2 Å². The molecule has 0 saturated carbocycles. The summed E-state index contributed by atoms with van der Waals surface area (Å²) in [5.74, 6) is -5.20. The number of rotatable bonds is 5. The van der Waals surface area contributed by atoms with E-state index in [2.05, 4.69) is 15.1 Å². The van der Waals surface area contributed by atoms with Gasteiger partial charge in [0.15, 0.2) is 9.84 Å². The second-order valence-electron chi connectivity index (χ2n) is 6.02. The Morgan fingerprint density at radius 3 is 2.45 bits per heavy atom. The maximum Gasteiger partial charge on any atom is 0.455 e. The lowest BCUT2D eigenvalue weighted by Gasteiger charge is -2.19. The molecule has 0 amide bonds. The fraction of sp³-hybridized carbons (Fsp3) is 0.312. The van der Waals surface area contributed by atoms with Crippen molar-refractivity contribution < 1.29 is 30.4 Å². The molecular formula is C16H12ClF5N4O2S. The van der Waals surface area contributed by atoms with Crippen LogP contribution in [0.5, 0.6) is 0 Å². The Bertz CT molecular complexity index is 1180. The lowest BCUT2D eigenvalue weighted by molar-refractivity contribution is -0.287. The van der Waals surface area contributed by atoms with E-state index < -0.39 is 28.5 Å². The molecule has 0 aliphatic carbocycles. The second-order valence-corrected chi connectivity index (χ2v) is 8.65. The molecule has 3 aromatic heterocycles. The summed E-state index contributed by atoms with van der Waals surface area (Å²) in [6.45, 7) is -0.277. The van der Waals surface area contributed by atoms with Crippen molar-refractivity contribution in [2.24, 2.45) is 0 Å². The zero-order valence-electron chi connectivity index (χ0n) is 14.6. The van der Waals surface area contributed by atoms with Crippen LogP contribution in [0.2, 0.25) is 5.15 Å². The molecular weight excluding hydrogens is 443 g/mol. The molecule has 0 bridgehead atoms. The van der Waals surface area contributed by atoms with Crippen molar-refractivity contribution >= 4 is 32.3 Å². The molecule has 3 aromatic rings. The summed E-state index contributed by atoms with van der Waals surface area (Å²) in [4.78, 5) is 7.84. The number of aromatic nitrogens is 4. The van der Waals surface area contributed by atoms with Crippen molar-refractivity contribution in [2.45, 2.75) is 30.5 Å². The highest BCUT2D eigenvalue weighted by atomic mass is 35.5. The highest BCUT2D eigenvalue weighted by Crippen LogP contribution is 2.37. The van der Waals surface area contributed by atoms with Crippen molar-refractivity contribution in [3.05, 3.63) is 35.7 Å². The van der Waals surface area contributed by atoms with Gasteiger partial charge >= 0.3 is 12.1 Å². The normalized spacial score (nSPS) is 13.2. The fourth-order valence-corrected chi connectivity index (χ4v) is 3.70. The summed E-state index contributed by atoms with van der Waals surface area (Å²) < 4.78 is 89.1. The molecule has 0 aliphatic heterocycles. The van der Waals surface area contributed by atoms with Gasteiger partial charge in [-0.3, -0.25) is 9.67 Å². The summed E-state index contributed by atoms with van der Waals surface area (Å²) >= 11 is 5.86. The third kappa shape index (κ3) is 4.04. The fourth-order valence-electron chi connectivity index (χ4n) is 2.52. The largest absolute Gasteiger partial charge is 0.455 e. The molecule has 0 atom stereocenters. The van der Waals surface area contributed by atoms with Gasteiger partial charge in [0.25, 0.3) is 0 Å². The van der Waals surface area contributed by atoms with E-state index in [4.69, 9.17) is 11.6 Å². The predicted molar refractivity (Wildman–Crippen MR) is 94.5 cm³/mol. The van der Waals surface area contributed by atoms with Crippen molar-refractivity contribution in [3.8, 4) is 11.4 Å². The molecule has 0 aliphatic rings. The number of hydrogen-bond donors (Lipinski definition) is 0. The van der Waals surface area contributed by atoms with Gasteiger partial charge < -0.3 is 0 Å². The van der Waals surface area contributed by atoms with E-state index in [-0.39, 0.29) is 38.1 Å². The van der Waals surface area contributed by atoms with Gasteiger partial charge in [-0.1, -0.05) is 18.5 Å². The summed E-state index contributed by atoms with van der Waals surface area (Å²) in [7, 11) is -3.69. The van der Waals surface area contributed by atoms with Crippen LogP contribution in [-0.2, 0) is 16.4 Å². The van der Waals surface area contributed by atoms with E-state index in [0.29, 0.717) is 4.68 Å². The number of nitrogens with zero attached hydrogens (tertiary/aromatic N) is 4. The SMILES string of the molecule is CCS(=O)(=O)c1ccc(Cl)nc1-c1cc2cnn(CC(F)(F)C(F)(F)F)c2cn1. The van der Waals surface area contributed by atoms with Gasteiger partial charge in [0.1, 0.15) is 17.4 Å². The quantitative estimate of drug-likeness (QED) is 0.428. The molecule has 0 saturated heterocycles. The zero-order chi connectivity index (χ0) is 21.6. The van der Waals surface area contributed by atoms with E-state index in [1.807, 2.05) is 0 Å². The van der Waals surface area contributed by atoms with Crippen LogP contribution in [-0.4, -0.2) is 46.0 Å². The third-order valence-electron chi connectivity index (χ3n) is 4.07. The predicted octanol–water partition coefficient (Wildman–Crippen LogP) is 4.14. The minimum atomic E-state index is -5.73. The van der Waals surface area contributed by atoms with Crippen LogP contribution >= 0.6 is 11.6 Å². The van der Waals surface area contributed by atoms with Crippen molar-refractivity contribution in [1.29, 1.82) is 0 Å². The molecule has 0 unspecified atom stereocenters. The van der Waals surface area contributed by atoms with E-state index in [0.717, 1.165) is 12.4 Å². The monoisotopic (exact) mass is 454 g/mol. The van der Waals surface area contributed by atoms with Gasteiger partial charge in [0, 0.05) is 5.39 Å². The molecule has 3 heterocycles. The maximum absolute atomic E-state index is 13.3. The van der Waals surface area contributed by atoms with Crippen molar-refractivity contribution in [2.75, 3.05) is 5.75 Å². The summed E-state index contributed by atoms with van der Waals surface area (Å²) in [6.07, 6.45) is -3.63. The highest BCUT2D eigenvalue weighted by Gasteiger charge is 2.57. The summed E-state index contributed by atoms with van der Waals surface area (Å²) in [6, 6.07) is 3.85. The number of alkyl halides is 5. The Morgan fingerprint density at radius 2 is 1.83 bits per heavy atom. The Labute approximate surface area is 166 Å². The molecule has 0 aromatic carbocycles. The average Bonchev–Trinajstić information content (AvgIpc) is 3.02. The van der Waals surface area contributed by atoms with Crippen LogP contribution in [0.25, 0.3) is 22.3 Å². The maximum atomic E-state index is 13.3. The van der Waals surface area contributed by atoms with Crippen LogP contribution in [0.3, 0.4) is 0 Å². The van der Waals surface area contributed by atoms with Crippen LogP contribution < -0.4 is 0 Å². The Balaban J connectivity index is 2.09. The van der Waals surface area contributed by atoms with E-state index >= 15 is 0 Å². The Morgan fingerprint density at radius 1 is 1.14 bits per heavy atom. The smallest absolute Gasteiger partial charge is 0.257 e. The molecule has 156 valence electrons. The first kappa shape index (κ1) is 21.4. The standard InChI is InChI=1S/C16H12ClF5N4O2S/c1-2-29(27,28)12-3-4-13(17)25-14(12)10-5-9-6-24-26(11(9)7-23-10)8-15(18,19)16(20,21)22/h3-7H,2,8H2,1H3. The first-order chi connectivity index (χ1) is 13.4. The number of hydrogen-bond acceptors (Lipinski definition) is 5. The highest BCUT2D eigenvalue weighted by molar-refractivity contribution is 7.91. The lowest BCUT2D eigenvalue weighted by atomic mass is 10.2. The van der Waals surface area contributed by atoms with E-state index in [1.165, 1.54) is 25.1 Å². The van der Waals surface area contributed by atoms with Gasteiger partial charge in [-0.2, -0.15) is 27.1 Å². The third-order valence-corrected chi connectivity index (χ3v) is 6.04. The van der Waals surface area contributed by atoms with Gasteiger partial charge in [-0.15, -0.1) is 0 Å². The molecule has 3 rings (SSSR count). The number of sulfone groups is 1. The second kappa shape index (κ2) is 7.17. The number of halogens is 6. The molecule has 13 heteroatoms. The first-order valence-corrected chi connectivity index (χ1v) is 10.0. The Kier molecular flexibility index (Phi) is 5.28. The van der Waals surface area contributed by atoms with E-state index in [9.17, 15) is 30.4 Å². The number of fused-ring (bicyclic) bond motifs is 1. The van der Waals surface area contributed by atoms with Gasteiger partial charge in [0.2, 0.25) is 0 Å². The molecule has 0 N–H and O–H groups in total.